The Morgan fingerprint density at radius 3 is 2.88 bits per heavy atom. The van der Waals surface area contributed by atoms with Gasteiger partial charge in [0.15, 0.2) is 5.52 Å². The number of benzene rings is 1. The molecule has 1 N–H and O–H groups in total. The van der Waals surface area contributed by atoms with Crippen LogP contribution in [0.25, 0.3) is 11.0 Å². The first-order valence-electron chi connectivity index (χ1n) is 4.92. The van der Waals surface area contributed by atoms with Crippen LogP contribution in [-0.4, -0.2) is 21.3 Å². The lowest BCUT2D eigenvalue weighted by molar-refractivity contribution is -0.383. The van der Waals surface area contributed by atoms with E-state index in [4.69, 9.17) is 0 Å². The summed E-state index contributed by atoms with van der Waals surface area (Å²) in [6.07, 6.45) is 1.71. The fraction of sp³-hybridized carbons (Fsp3) is 0.200. The van der Waals surface area contributed by atoms with Gasteiger partial charge in [-0.3, -0.25) is 10.1 Å². The van der Waals surface area contributed by atoms with Gasteiger partial charge in [-0.15, -0.1) is 6.58 Å². The van der Waals surface area contributed by atoms with E-state index in [-0.39, 0.29) is 17.2 Å². The summed E-state index contributed by atoms with van der Waals surface area (Å²) >= 11 is 0. The van der Waals surface area contributed by atoms with Gasteiger partial charge in [0.05, 0.1) is 10.6 Å². The standard InChI is InChI=1S/C10H10N4O3/c1-3-6(2)11-7-4-5-8(14(15)16)10-9(7)12-17-13-10/h3-6,11H,1H2,2H3. The minimum absolute atomic E-state index is 0.0105. The van der Waals surface area contributed by atoms with Gasteiger partial charge in [0.2, 0.25) is 5.52 Å². The van der Waals surface area contributed by atoms with Crippen LogP contribution in [0.2, 0.25) is 0 Å². The molecule has 1 aromatic carbocycles. The summed E-state index contributed by atoms with van der Waals surface area (Å²) in [5.74, 6) is 0. The summed E-state index contributed by atoms with van der Waals surface area (Å²) in [6, 6.07) is 2.95. The van der Waals surface area contributed by atoms with Gasteiger partial charge >= 0.3 is 5.69 Å². The zero-order chi connectivity index (χ0) is 12.4. The number of nitro benzene ring substituents is 1. The molecule has 17 heavy (non-hydrogen) atoms. The van der Waals surface area contributed by atoms with Crippen LogP contribution in [0.1, 0.15) is 6.92 Å². The summed E-state index contributed by atoms with van der Waals surface area (Å²) < 4.78 is 4.54. The van der Waals surface area contributed by atoms with E-state index in [0.717, 1.165) is 0 Å². The molecule has 1 atom stereocenters. The molecule has 0 aliphatic carbocycles. The second-order valence-electron chi connectivity index (χ2n) is 3.52. The highest BCUT2D eigenvalue weighted by atomic mass is 16.6. The zero-order valence-corrected chi connectivity index (χ0v) is 9.08. The normalized spacial score (nSPS) is 12.3. The van der Waals surface area contributed by atoms with E-state index < -0.39 is 4.92 Å². The van der Waals surface area contributed by atoms with Crippen LogP contribution in [0.5, 0.6) is 0 Å². The lowest BCUT2D eigenvalue weighted by atomic mass is 10.2. The van der Waals surface area contributed by atoms with Crippen molar-refractivity contribution in [2.75, 3.05) is 5.32 Å². The predicted molar refractivity (Wildman–Crippen MR) is 61.7 cm³/mol. The molecule has 7 heteroatoms. The number of fused-ring (bicyclic) bond motifs is 1. The molecule has 7 nitrogen and oxygen atoms in total. The zero-order valence-electron chi connectivity index (χ0n) is 9.08. The van der Waals surface area contributed by atoms with Crippen LogP contribution >= 0.6 is 0 Å². The highest BCUT2D eigenvalue weighted by molar-refractivity contribution is 5.93. The van der Waals surface area contributed by atoms with Crippen LogP contribution in [0.15, 0.2) is 29.4 Å². The monoisotopic (exact) mass is 234 g/mol. The SMILES string of the molecule is C=CC(C)Nc1ccc([N+](=O)[O-])c2nonc12. The maximum Gasteiger partial charge on any atom is 0.300 e. The third kappa shape index (κ3) is 1.94. The fourth-order valence-electron chi connectivity index (χ4n) is 1.42. The number of anilines is 1. The molecule has 0 radical (unpaired) electrons. The number of hydrogen-bond donors (Lipinski definition) is 1. The van der Waals surface area contributed by atoms with E-state index in [2.05, 4.69) is 26.8 Å². The maximum atomic E-state index is 10.8. The molecule has 0 saturated carbocycles. The van der Waals surface area contributed by atoms with Crippen LogP contribution < -0.4 is 5.32 Å². The quantitative estimate of drug-likeness (QED) is 0.494. The van der Waals surface area contributed by atoms with E-state index in [1.807, 2.05) is 6.92 Å². The Labute approximate surface area is 96.2 Å². The molecule has 0 bridgehead atoms. The number of rotatable bonds is 4. The molecular weight excluding hydrogens is 224 g/mol. The largest absolute Gasteiger partial charge is 0.377 e. The fourth-order valence-corrected chi connectivity index (χ4v) is 1.42. The Morgan fingerprint density at radius 1 is 1.53 bits per heavy atom. The molecule has 2 rings (SSSR count). The van der Waals surface area contributed by atoms with Gasteiger partial charge < -0.3 is 5.32 Å². The van der Waals surface area contributed by atoms with Gasteiger partial charge in [-0.05, 0) is 23.3 Å². The molecule has 1 unspecified atom stereocenters. The maximum absolute atomic E-state index is 10.8. The minimum atomic E-state index is -0.521. The number of aromatic nitrogens is 2. The summed E-state index contributed by atoms with van der Waals surface area (Å²) in [6.45, 7) is 5.54. The van der Waals surface area contributed by atoms with Crippen LogP contribution in [0, 0.1) is 10.1 Å². The smallest absolute Gasteiger partial charge is 0.300 e. The number of nitrogens with one attached hydrogen (secondary N) is 1. The van der Waals surface area contributed by atoms with Gasteiger partial charge in [-0.1, -0.05) is 6.08 Å². The molecular formula is C10H10N4O3. The van der Waals surface area contributed by atoms with Gasteiger partial charge in [0, 0.05) is 12.1 Å². The van der Waals surface area contributed by atoms with Crippen molar-refractivity contribution in [1.82, 2.24) is 10.3 Å². The molecule has 1 heterocycles. The predicted octanol–water partition coefficient (Wildman–Crippen LogP) is 2.12. The summed E-state index contributed by atoms with van der Waals surface area (Å²) in [5.41, 5.74) is 0.974. The topological polar surface area (TPSA) is 94.1 Å². The van der Waals surface area contributed by atoms with Crippen molar-refractivity contribution in [3.63, 3.8) is 0 Å². The molecule has 88 valence electrons. The Kier molecular flexibility index (Phi) is 2.73. The van der Waals surface area contributed by atoms with Crippen LogP contribution in [0.4, 0.5) is 11.4 Å². The van der Waals surface area contributed by atoms with Crippen LogP contribution in [-0.2, 0) is 0 Å². The van der Waals surface area contributed by atoms with Gasteiger partial charge in [-0.25, -0.2) is 4.63 Å². The van der Waals surface area contributed by atoms with Crippen molar-refractivity contribution >= 4 is 22.4 Å². The molecule has 1 aromatic heterocycles. The molecule has 0 amide bonds. The Morgan fingerprint density at radius 2 is 2.24 bits per heavy atom. The second-order valence-corrected chi connectivity index (χ2v) is 3.52. The highest BCUT2D eigenvalue weighted by Crippen LogP contribution is 2.28. The Hall–Kier alpha value is -2.44. The molecule has 0 fully saturated rings. The van der Waals surface area contributed by atoms with Crippen molar-refractivity contribution in [3.8, 4) is 0 Å². The minimum Gasteiger partial charge on any atom is -0.377 e. The average Bonchev–Trinajstić information content (AvgIpc) is 2.77. The molecule has 0 saturated heterocycles. The first-order chi connectivity index (χ1) is 8.13. The van der Waals surface area contributed by atoms with Crippen LogP contribution in [0.3, 0.4) is 0 Å². The third-order valence-corrected chi connectivity index (χ3v) is 2.33. The van der Waals surface area contributed by atoms with Crippen molar-refractivity contribution in [2.45, 2.75) is 13.0 Å². The molecule has 0 aliphatic heterocycles. The molecule has 0 aliphatic rings. The second kappa shape index (κ2) is 4.20. The van der Waals surface area contributed by atoms with E-state index >= 15 is 0 Å². The summed E-state index contributed by atoms with van der Waals surface area (Å²) in [5, 5.41) is 21.0. The lowest BCUT2D eigenvalue weighted by Gasteiger charge is -2.10. The van der Waals surface area contributed by atoms with E-state index in [1.165, 1.54) is 6.07 Å². The van der Waals surface area contributed by atoms with Gasteiger partial charge in [0.1, 0.15) is 0 Å². The number of nitrogens with zero attached hydrogens (tertiary/aromatic N) is 3. The lowest BCUT2D eigenvalue weighted by Crippen LogP contribution is -2.11. The molecule has 0 spiro atoms. The Bertz CT molecular complexity index is 578. The first kappa shape index (κ1) is 11.1. The Balaban J connectivity index is 2.53. The van der Waals surface area contributed by atoms with Gasteiger partial charge in [0.25, 0.3) is 0 Å². The first-order valence-corrected chi connectivity index (χ1v) is 4.92. The van der Waals surface area contributed by atoms with E-state index in [9.17, 15) is 10.1 Å². The van der Waals surface area contributed by atoms with E-state index in [0.29, 0.717) is 11.2 Å². The number of nitro groups is 1. The average molecular weight is 234 g/mol. The third-order valence-electron chi connectivity index (χ3n) is 2.33. The van der Waals surface area contributed by atoms with Crippen molar-refractivity contribution in [1.29, 1.82) is 0 Å². The highest BCUT2D eigenvalue weighted by Gasteiger charge is 2.19. The summed E-state index contributed by atoms with van der Waals surface area (Å²) in [4.78, 5) is 10.2. The van der Waals surface area contributed by atoms with Crippen molar-refractivity contribution in [2.24, 2.45) is 0 Å². The van der Waals surface area contributed by atoms with Gasteiger partial charge in [-0.2, -0.15) is 0 Å². The number of non-ortho nitro benzene ring substituents is 1. The summed E-state index contributed by atoms with van der Waals surface area (Å²) in [7, 11) is 0. The van der Waals surface area contributed by atoms with E-state index in [1.54, 1.807) is 12.1 Å². The molecule has 2 aromatic rings. The van der Waals surface area contributed by atoms with Crippen molar-refractivity contribution < 1.29 is 9.55 Å². The van der Waals surface area contributed by atoms with Crippen molar-refractivity contribution in [3.05, 3.63) is 34.9 Å². The number of hydrogen-bond acceptors (Lipinski definition) is 6.